The third kappa shape index (κ3) is 3.79. The van der Waals surface area contributed by atoms with Gasteiger partial charge in [-0.3, -0.25) is 0 Å². The van der Waals surface area contributed by atoms with E-state index in [1.54, 1.807) is 0 Å². The first-order chi connectivity index (χ1) is 2.27. The average molecular weight is 140 g/mol. The maximum atomic E-state index is 9.11. The fourth-order valence-electron chi connectivity index (χ4n) is 0. The van der Waals surface area contributed by atoms with Crippen molar-refractivity contribution in [2.45, 2.75) is 0 Å². The van der Waals surface area contributed by atoms with Crippen LogP contribution in [0.5, 0.6) is 0 Å². The van der Waals surface area contributed by atoms with E-state index in [2.05, 4.69) is 3.82 Å². The molecule has 0 fully saturated rings. The average Bonchev–Trinajstić information content (AvgIpc) is 1.38. The van der Waals surface area contributed by atoms with Gasteiger partial charge >= 0.3 is 36.2 Å². The second-order valence-electron chi connectivity index (χ2n) is 0.349. The predicted octanol–water partition coefficient (Wildman–Crippen LogP) is -0.236. The molecular weight excluding hydrogens is 139 g/mol. The minimum absolute atomic E-state index is 1.30. The van der Waals surface area contributed by atoms with Crippen LogP contribution in [0.3, 0.4) is 0 Å². The van der Waals surface area contributed by atoms with E-state index in [9.17, 15) is 0 Å². The van der Waals surface area contributed by atoms with Gasteiger partial charge in [0, 0.05) is 0 Å². The van der Waals surface area contributed by atoms with Crippen LogP contribution in [-0.2, 0) is 3.82 Å². The van der Waals surface area contributed by atoms with Crippen molar-refractivity contribution in [3.8, 4) is 0 Å². The quantitative estimate of drug-likeness (QED) is 0.472. The Morgan fingerprint density at radius 1 is 2.00 bits per heavy atom. The molecule has 0 saturated heterocycles. The molecule has 4 heteroatoms. The van der Waals surface area contributed by atoms with Crippen LogP contribution in [0, 0.1) is 0 Å². The molecule has 0 aliphatic carbocycles. The summed E-state index contributed by atoms with van der Waals surface area (Å²) in [5, 5.41) is 7.47. The molecule has 0 heterocycles. The van der Waals surface area contributed by atoms with Gasteiger partial charge in [-0.1, -0.05) is 0 Å². The normalized spacial score (nSPS) is 6.60. The Morgan fingerprint density at radius 2 is 2.20 bits per heavy atom. The second-order valence-corrected chi connectivity index (χ2v) is 0.699. The molecule has 0 bridgehead atoms. The van der Waals surface area contributed by atoms with Gasteiger partial charge in [0.15, 0.2) is 0 Å². The minimum atomic E-state index is -1.30. The third-order valence-corrected chi connectivity index (χ3v) is 0.370. The van der Waals surface area contributed by atoms with Crippen LogP contribution in [0.1, 0.15) is 0 Å². The van der Waals surface area contributed by atoms with Crippen molar-refractivity contribution in [1.82, 2.24) is 0 Å². The summed E-state index contributed by atoms with van der Waals surface area (Å²) in [5.41, 5.74) is 0. The molecule has 3 nitrogen and oxygen atoms in total. The van der Waals surface area contributed by atoms with E-state index in [1.807, 2.05) is 16.3 Å². The molecule has 0 unspecified atom stereocenters. The van der Waals surface area contributed by atoms with Gasteiger partial charge in [-0.2, -0.15) is 0 Å². The van der Waals surface area contributed by atoms with Crippen LogP contribution in [0.15, 0.2) is 0 Å². The first-order valence-electron chi connectivity index (χ1n) is 0.799. The molecule has 0 aliphatic rings. The fraction of sp³-hybridized carbons (Fsp3) is 0. The van der Waals surface area contributed by atoms with Crippen LogP contribution in [0.4, 0.5) is 4.79 Å². The number of hydrogen-bond donors (Lipinski definition) is 1. The molecule has 0 aliphatic heterocycles. The summed E-state index contributed by atoms with van der Waals surface area (Å²) in [7, 11) is 0. The molecule has 0 aromatic heterocycles. The standard InChI is InChI=1S/CH2O3Se/c2-1(3)4-5/h5H,(H,2,3)/p-1. The Kier molecular flexibility index (Phi) is 1.97. The Hall–Kier alpha value is -0.211. The van der Waals surface area contributed by atoms with Gasteiger partial charge in [-0.15, -0.1) is 0 Å². The van der Waals surface area contributed by atoms with Gasteiger partial charge in [0.25, 0.3) is 0 Å². The van der Waals surface area contributed by atoms with Gasteiger partial charge in [-0.25, -0.2) is 0 Å². The van der Waals surface area contributed by atoms with E-state index in [0.717, 1.165) is 0 Å². The molecule has 0 amide bonds. The summed E-state index contributed by atoms with van der Waals surface area (Å²) >= 11 is 1.84. The van der Waals surface area contributed by atoms with E-state index in [0.29, 0.717) is 0 Å². The summed E-state index contributed by atoms with van der Waals surface area (Å²) in [6.45, 7) is 0. The topological polar surface area (TPSA) is 46.5 Å². The summed E-state index contributed by atoms with van der Waals surface area (Å²) in [6, 6.07) is 0. The summed E-state index contributed by atoms with van der Waals surface area (Å²) in [6.07, 6.45) is -1.30. The summed E-state index contributed by atoms with van der Waals surface area (Å²) in [5.74, 6) is 0. The first kappa shape index (κ1) is 4.79. The summed E-state index contributed by atoms with van der Waals surface area (Å²) < 4.78 is 3.54. The molecule has 0 saturated carbocycles. The first-order valence-corrected chi connectivity index (χ1v) is 1.50. The number of carboxylic acid groups (broad SMARTS) is 1. The third-order valence-electron chi connectivity index (χ3n) is 0.0713. The number of hydrogen-bond acceptors (Lipinski definition) is 2. The zero-order valence-electron chi connectivity index (χ0n) is 2.17. The van der Waals surface area contributed by atoms with Gasteiger partial charge in [0.2, 0.25) is 0 Å². The molecule has 0 radical (unpaired) electrons. The Morgan fingerprint density at radius 3 is 2.20 bits per heavy atom. The van der Waals surface area contributed by atoms with E-state index in [-0.39, 0.29) is 0 Å². The molecule has 0 aromatic carbocycles. The molecule has 0 aromatic rings. The Labute approximate surface area is 37.1 Å². The molecule has 30 valence electrons. The van der Waals surface area contributed by atoms with Gasteiger partial charge in [-0.05, 0) is 0 Å². The number of carbonyl (C=O) groups is 1. The van der Waals surface area contributed by atoms with Gasteiger partial charge in [0.05, 0.1) is 0 Å². The van der Waals surface area contributed by atoms with Crippen LogP contribution < -0.4 is 0 Å². The van der Waals surface area contributed by atoms with Crippen molar-refractivity contribution in [2.75, 3.05) is 0 Å². The second kappa shape index (κ2) is 2.05. The van der Waals surface area contributed by atoms with Crippen LogP contribution in [0.25, 0.3) is 0 Å². The van der Waals surface area contributed by atoms with Crippen molar-refractivity contribution in [3.63, 3.8) is 0 Å². The molecule has 1 N–H and O–H groups in total. The molecule has 0 rings (SSSR count). The molecule has 0 atom stereocenters. The Bertz CT molecular complexity index is 42.2. The van der Waals surface area contributed by atoms with Crippen LogP contribution >= 0.6 is 0 Å². The van der Waals surface area contributed by atoms with Crippen molar-refractivity contribution < 1.29 is 13.7 Å². The summed E-state index contributed by atoms with van der Waals surface area (Å²) in [4.78, 5) is 9.11. The Balaban J connectivity index is 2.85. The molecular formula is CHO3Se-. The molecule has 0 spiro atoms. The zero-order chi connectivity index (χ0) is 4.28. The van der Waals surface area contributed by atoms with E-state index >= 15 is 0 Å². The van der Waals surface area contributed by atoms with Crippen molar-refractivity contribution >= 4 is 22.5 Å². The van der Waals surface area contributed by atoms with Crippen molar-refractivity contribution in [2.24, 2.45) is 0 Å². The SMILES string of the molecule is O=C(O)O[Se-]. The molecule has 5 heavy (non-hydrogen) atoms. The van der Waals surface area contributed by atoms with Crippen LogP contribution in [-0.4, -0.2) is 27.6 Å². The monoisotopic (exact) mass is 141 g/mol. The van der Waals surface area contributed by atoms with E-state index < -0.39 is 6.16 Å². The van der Waals surface area contributed by atoms with E-state index in [4.69, 9.17) is 9.90 Å². The van der Waals surface area contributed by atoms with Gasteiger partial charge < -0.3 is 0 Å². The predicted molar refractivity (Wildman–Crippen MR) is 14.9 cm³/mol. The van der Waals surface area contributed by atoms with E-state index in [1.165, 1.54) is 0 Å². The van der Waals surface area contributed by atoms with Crippen molar-refractivity contribution in [1.29, 1.82) is 0 Å². The zero-order valence-corrected chi connectivity index (χ0v) is 3.89. The van der Waals surface area contributed by atoms with Gasteiger partial charge in [0.1, 0.15) is 0 Å². The number of rotatable bonds is 0. The van der Waals surface area contributed by atoms with Crippen LogP contribution in [0.2, 0.25) is 0 Å². The maximum absolute atomic E-state index is 9.11. The fourth-order valence-corrected chi connectivity index (χ4v) is 0. The van der Waals surface area contributed by atoms with Crippen molar-refractivity contribution in [3.05, 3.63) is 0 Å².